The van der Waals surface area contributed by atoms with E-state index in [9.17, 15) is 0 Å². The van der Waals surface area contributed by atoms with Crippen molar-refractivity contribution in [2.24, 2.45) is 0 Å². The molecule has 0 radical (unpaired) electrons. The van der Waals surface area contributed by atoms with Crippen molar-refractivity contribution in [3.8, 4) is 5.75 Å². The summed E-state index contributed by atoms with van der Waals surface area (Å²) < 4.78 is 5.89. The summed E-state index contributed by atoms with van der Waals surface area (Å²) in [7, 11) is 0. The van der Waals surface area contributed by atoms with Gasteiger partial charge in [0.2, 0.25) is 0 Å². The molecule has 1 aromatic carbocycles. The number of hydrogen-bond donors (Lipinski definition) is 0. The van der Waals surface area contributed by atoms with Gasteiger partial charge in [0.15, 0.2) is 11.5 Å². The molecule has 0 aliphatic carbocycles. The maximum atomic E-state index is 5.89. The maximum absolute atomic E-state index is 5.89. The molecule has 1 aliphatic heterocycles. The van der Waals surface area contributed by atoms with E-state index >= 15 is 0 Å². The van der Waals surface area contributed by atoms with Crippen LogP contribution in [0, 0.1) is 0 Å². The van der Waals surface area contributed by atoms with Crippen molar-refractivity contribution in [3.63, 3.8) is 0 Å². The van der Waals surface area contributed by atoms with Crippen molar-refractivity contribution in [2.45, 2.75) is 34.6 Å². The largest absolute Gasteiger partial charge is 0.453 e. The summed E-state index contributed by atoms with van der Waals surface area (Å²) in [4.78, 5) is 2.09. The van der Waals surface area contributed by atoms with E-state index in [2.05, 4.69) is 24.6 Å². The van der Waals surface area contributed by atoms with Crippen LogP contribution < -0.4 is 9.64 Å². The molecule has 1 aromatic rings. The second-order valence-corrected chi connectivity index (χ2v) is 4.39. The van der Waals surface area contributed by atoms with Gasteiger partial charge in [0.05, 0.1) is 11.4 Å². The van der Waals surface area contributed by atoms with E-state index in [1.54, 1.807) is 18.2 Å². The van der Waals surface area contributed by atoms with Crippen LogP contribution in [0.5, 0.6) is 5.75 Å². The van der Waals surface area contributed by atoms with Crippen LogP contribution in [0.3, 0.4) is 0 Å². The SMILES string of the molecule is C=C/C=C(\C=C/C)N1C(C=C)=C(C=C)Oc2ccccc21.CC.CC. The van der Waals surface area contributed by atoms with Crippen LogP contribution in [0.2, 0.25) is 0 Å². The molecule has 0 bridgehead atoms. The third kappa shape index (κ3) is 5.39. The lowest BCUT2D eigenvalue weighted by Gasteiger charge is -2.33. The van der Waals surface area contributed by atoms with Gasteiger partial charge in [-0.05, 0) is 43.4 Å². The molecule has 0 atom stereocenters. The summed E-state index contributed by atoms with van der Waals surface area (Å²) in [6.07, 6.45) is 11.2. The highest BCUT2D eigenvalue weighted by Crippen LogP contribution is 2.40. The van der Waals surface area contributed by atoms with Gasteiger partial charge in [-0.25, -0.2) is 0 Å². The van der Waals surface area contributed by atoms with Gasteiger partial charge in [0, 0.05) is 5.70 Å². The van der Waals surface area contributed by atoms with E-state index in [1.165, 1.54) is 0 Å². The van der Waals surface area contributed by atoms with Crippen molar-refractivity contribution in [1.29, 1.82) is 0 Å². The van der Waals surface area contributed by atoms with Gasteiger partial charge >= 0.3 is 0 Å². The first kappa shape index (κ1) is 22.3. The molecule has 0 spiro atoms. The molecule has 0 fully saturated rings. The lowest BCUT2D eigenvalue weighted by Crippen LogP contribution is -2.26. The second kappa shape index (κ2) is 12.7. The van der Waals surface area contributed by atoms with E-state index in [0.29, 0.717) is 5.76 Å². The first-order valence-electron chi connectivity index (χ1n) is 8.78. The van der Waals surface area contributed by atoms with E-state index in [0.717, 1.165) is 22.8 Å². The fourth-order valence-corrected chi connectivity index (χ4v) is 2.25. The molecular weight excluding hydrogens is 306 g/mol. The number of benzene rings is 1. The summed E-state index contributed by atoms with van der Waals surface area (Å²) in [5.74, 6) is 1.47. The number of hydrogen-bond acceptors (Lipinski definition) is 2. The number of allylic oxidation sites excluding steroid dienone is 6. The molecule has 0 saturated carbocycles. The average Bonchev–Trinajstić information content (AvgIpc) is 2.69. The Kier molecular flexibility index (Phi) is 11.3. The highest BCUT2D eigenvalue weighted by atomic mass is 16.5. The minimum absolute atomic E-state index is 0.683. The van der Waals surface area contributed by atoms with E-state index < -0.39 is 0 Å². The first-order chi connectivity index (χ1) is 12.3. The van der Waals surface area contributed by atoms with Crippen molar-refractivity contribution >= 4 is 5.69 Å². The van der Waals surface area contributed by atoms with E-state index in [4.69, 9.17) is 4.74 Å². The predicted molar refractivity (Wildman–Crippen MR) is 113 cm³/mol. The quantitative estimate of drug-likeness (QED) is 0.528. The number of para-hydroxylation sites is 2. The topological polar surface area (TPSA) is 12.5 Å². The molecule has 0 saturated heterocycles. The van der Waals surface area contributed by atoms with Crippen LogP contribution in [-0.2, 0) is 0 Å². The zero-order chi connectivity index (χ0) is 19.2. The second-order valence-electron chi connectivity index (χ2n) is 4.39. The number of nitrogens with zero attached hydrogens (tertiary/aromatic N) is 1. The molecule has 0 unspecified atom stereocenters. The molecule has 0 N–H and O–H groups in total. The van der Waals surface area contributed by atoms with Crippen molar-refractivity contribution in [3.05, 3.63) is 97.6 Å². The summed E-state index contributed by atoms with van der Waals surface area (Å²) in [5.41, 5.74) is 2.80. The van der Waals surface area contributed by atoms with Gasteiger partial charge in [0.1, 0.15) is 0 Å². The Morgan fingerprint density at radius 1 is 1.00 bits per heavy atom. The third-order valence-corrected chi connectivity index (χ3v) is 3.08. The lowest BCUT2D eigenvalue weighted by atomic mass is 10.1. The van der Waals surface area contributed by atoms with Crippen LogP contribution in [0.1, 0.15) is 34.6 Å². The zero-order valence-electron chi connectivity index (χ0n) is 16.3. The van der Waals surface area contributed by atoms with Gasteiger partial charge in [-0.1, -0.05) is 71.7 Å². The first-order valence-corrected chi connectivity index (χ1v) is 8.78. The van der Waals surface area contributed by atoms with Gasteiger partial charge in [-0.3, -0.25) is 0 Å². The van der Waals surface area contributed by atoms with Crippen LogP contribution in [-0.4, -0.2) is 0 Å². The lowest BCUT2D eigenvalue weighted by molar-refractivity contribution is 0.430. The Morgan fingerprint density at radius 3 is 2.16 bits per heavy atom. The molecular formula is C23H31NO. The van der Waals surface area contributed by atoms with Gasteiger partial charge in [-0.15, -0.1) is 0 Å². The van der Waals surface area contributed by atoms with Gasteiger partial charge in [-0.2, -0.15) is 0 Å². The Balaban J connectivity index is 0.00000134. The molecule has 1 heterocycles. The summed E-state index contributed by atoms with van der Waals surface area (Å²) in [6.45, 7) is 21.5. The number of anilines is 1. The number of ether oxygens (including phenoxy) is 1. The normalized spacial score (nSPS) is 12.8. The zero-order valence-corrected chi connectivity index (χ0v) is 16.3. The molecule has 1 aliphatic rings. The molecule has 2 heteroatoms. The Bertz CT molecular complexity index is 662. The number of rotatable bonds is 5. The summed E-state index contributed by atoms with van der Waals surface area (Å²) >= 11 is 0. The summed E-state index contributed by atoms with van der Waals surface area (Å²) in [6, 6.07) is 7.88. The molecule has 2 rings (SSSR count). The smallest absolute Gasteiger partial charge is 0.151 e. The molecule has 2 nitrogen and oxygen atoms in total. The Morgan fingerprint density at radius 2 is 1.64 bits per heavy atom. The van der Waals surface area contributed by atoms with Crippen LogP contribution in [0.4, 0.5) is 5.69 Å². The summed E-state index contributed by atoms with van der Waals surface area (Å²) in [5, 5.41) is 0. The highest BCUT2D eigenvalue weighted by molar-refractivity contribution is 5.72. The van der Waals surface area contributed by atoms with Crippen molar-refractivity contribution in [1.82, 2.24) is 0 Å². The predicted octanol–water partition coefficient (Wildman–Crippen LogP) is 7.17. The monoisotopic (exact) mass is 337 g/mol. The fraction of sp³-hybridized carbons (Fsp3) is 0.217. The minimum Gasteiger partial charge on any atom is -0.453 e. The highest BCUT2D eigenvalue weighted by Gasteiger charge is 2.25. The molecule has 0 amide bonds. The van der Waals surface area contributed by atoms with E-state index in [1.807, 2.05) is 77.1 Å². The minimum atomic E-state index is 0.683. The van der Waals surface area contributed by atoms with Gasteiger partial charge in [0.25, 0.3) is 0 Å². The molecule has 25 heavy (non-hydrogen) atoms. The third-order valence-electron chi connectivity index (χ3n) is 3.08. The Labute approximate surface area is 153 Å². The fourth-order valence-electron chi connectivity index (χ4n) is 2.25. The molecule has 134 valence electrons. The standard InChI is InChI=1S/C19H19NO.2C2H6/c1-5-11-15(12-6-2)20-16(7-3)18(8-4)21-19-14-10-9-13-17(19)20;2*1-2/h5-14H,1,3-4H2,2H3;2*1-2H3/b12-6-,15-11+;;. The van der Waals surface area contributed by atoms with Crippen molar-refractivity contribution in [2.75, 3.05) is 4.90 Å². The number of fused-ring (bicyclic) bond motifs is 1. The maximum Gasteiger partial charge on any atom is 0.151 e. The molecule has 0 aromatic heterocycles. The van der Waals surface area contributed by atoms with E-state index in [-0.39, 0.29) is 0 Å². The van der Waals surface area contributed by atoms with Crippen LogP contribution >= 0.6 is 0 Å². The Hall–Kier alpha value is -2.74. The van der Waals surface area contributed by atoms with Crippen molar-refractivity contribution < 1.29 is 4.74 Å². The van der Waals surface area contributed by atoms with Gasteiger partial charge < -0.3 is 9.64 Å². The average molecular weight is 338 g/mol. The van der Waals surface area contributed by atoms with Crippen LogP contribution in [0.25, 0.3) is 0 Å². The van der Waals surface area contributed by atoms with Crippen LogP contribution in [0.15, 0.2) is 97.6 Å².